The van der Waals surface area contributed by atoms with E-state index in [9.17, 15) is 13.2 Å². The Morgan fingerprint density at radius 2 is 1.77 bits per heavy atom. The van der Waals surface area contributed by atoms with Crippen molar-refractivity contribution in [3.63, 3.8) is 0 Å². The number of amides is 1. The lowest BCUT2D eigenvalue weighted by Crippen LogP contribution is -2.35. The molecule has 0 saturated carbocycles. The van der Waals surface area contributed by atoms with Gasteiger partial charge in [-0.2, -0.15) is 4.31 Å². The first kappa shape index (κ1) is 21.5. The Balaban J connectivity index is 1.69. The van der Waals surface area contributed by atoms with Gasteiger partial charge in [0, 0.05) is 13.1 Å². The lowest BCUT2D eigenvalue weighted by atomic mass is 10.2. The third-order valence-electron chi connectivity index (χ3n) is 5.19. The van der Waals surface area contributed by atoms with Gasteiger partial charge >= 0.3 is 0 Å². The van der Waals surface area contributed by atoms with Gasteiger partial charge in [0.05, 0.1) is 15.5 Å². The van der Waals surface area contributed by atoms with Gasteiger partial charge in [-0.1, -0.05) is 24.6 Å². The fourth-order valence-electron chi connectivity index (χ4n) is 3.51. The summed E-state index contributed by atoms with van der Waals surface area (Å²) >= 11 is 1.34. The van der Waals surface area contributed by atoms with E-state index in [2.05, 4.69) is 5.32 Å². The van der Waals surface area contributed by atoms with Gasteiger partial charge in [0.2, 0.25) is 10.0 Å². The highest BCUT2D eigenvalue weighted by atomic mass is 32.2. The number of nitrogens with zero attached hydrogens (tertiary/aromatic N) is 1. The van der Waals surface area contributed by atoms with Crippen molar-refractivity contribution in [1.29, 1.82) is 0 Å². The molecule has 2 aromatic carbocycles. The summed E-state index contributed by atoms with van der Waals surface area (Å²) in [4.78, 5) is 13.6. The monoisotopic (exact) mass is 456 g/mol. The molecule has 1 aliphatic rings. The second kappa shape index (κ2) is 9.21. The minimum atomic E-state index is -3.64. The summed E-state index contributed by atoms with van der Waals surface area (Å²) in [7, 11) is -3.64. The van der Waals surface area contributed by atoms with Gasteiger partial charge in [0.15, 0.2) is 5.75 Å². The minimum absolute atomic E-state index is 0.146. The van der Waals surface area contributed by atoms with Crippen molar-refractivity contribution >= 4 is 33.0 Å². The van der Waals surface area contributed by atoms with Crippen LogP contribution in [-0.2, 0) is 10.0 Å². The molecule has 1 amide bonds. The maximum atomic E-state index is 13.2. The molecular weight excluding hydrogens is 432 g/mol. The molecule has 0 aliphatic carbocycles. The lowest BCUT2D eigenvalue weighted by molar-refractivity contribution is 0.102. The largest absolute Gasteiger partial charge is 0.455 e. The number of para-hydroxylation sites is 1. The topological polar surface area (TPSA) is 75.7 Å². The lowest BCUT2D eigenvalue weighted by Gasteiger charge is -2.26. The Labute approximate surface area is 186 Å². The van der Waals surface area contributed by atoms with E-state index in [0.717, 1.165) is 24.8 Å². The van der Waals surface area contributed by atoms with Crippen molar-refractivity contribution in [3.05, 3.63) is 70.4 Å². The number of benzene rings is 2. The fourth-order valence-corrected chi connectivity index (χ4v) is 5.87. The zero-order valence-corrected chi connectivity index (χ0v) is 18.8. The van der Waals surface area contributed by atoms with Crippen molar-refractivity contribution in [2.45, 2.75) is 31.1 Å². The van der Waals surface area contributed by atoms with Gasteiger partial charge in [-0.15, -0.1) is 11.3 Å². The van der Waals surface area contributed by atoms with Crippen LogP contribution < -0.4 is 10.1 Å². The summed E-state index contributed by atoms with van der Waals surface area (Å²) in [5.41, 5.74) is 1.19. The number of carbonyl (C=O) groups excluding carboxylic acids is 1. The Bertz CT molecular complexity index is 1170. The zero-order chi connectivity index (χ0) is 21.8. The first-order chi connectivity index (χ1) is 14.9. The van der Waals surface area contributed by atoms with Gasteiger partial charge in [0.1, 0.15) is 5.75 Å². The highest BCUT2D eigenvalue weighted by molar-refractivity contribution is 7.89. The second-order valence-corrected chi connectivity index (χ2v) is 10.3. The van der Waals surface area contributed by atoms with Crippen molar-refractivity contribution in [2.24, 2.45) is 0 Å². The average Bonchev–Trinajstić information content (AvgIpc) is 3.22. The van der Waals surface area contributed by atoms with E-state index < -0.39 is 10.0 Å². The fraction of sp³-hybridized carbons (Fsp3) is 0.261. The molecule has 0 atom stereocenters. The standard InChI is InChI=1S/C23H24N2O4S2/c1-17-12-15-30-22(17)23(26)24-20-16-19(31(27,28)25-13-6-3-7-14-25)10-11-21(20)29-18-8-4-2-5-9-18/h2,4-5,8-12,15-16H,3,6-7,13-14H2,1H3,(H,24,26). The van der Waals surface area contributed by atoms with Gasteiger partial charge in [0.25, 0.3) is 5.91 Å². The molecule has 4 rings (SSSR count). The summed E-state index contributed by atoms with van der Waals surface area (Å²) in [6.07, 6.45) is 2.75. The van der Waals surface area contributed by atoms with Gasteiger partial charge in [-0.05, 0) is 67.1 Å². The summed E-state index contributed by atoms with van der Waals surface area (Å²) in [6, 6.07) is 15.7. The number of hydrogen-bond donors (Lipinski definition) is 1. The SMILES string of the molecule is Cc1ccsc1C(=O)Nc1cc(S(=O)(=O)N2CCCCC2)ccc1Oc1ccccc1. The van der Waals surface area contributed by atoms with Gasteiger partial charge in [-0.3, -0.25) is 4.79 Å². The molecule has 1 fully saturated rings. The predicted octanol–water partition coefficient (Wildman–Crippen LogP) is 5.28. The van der Waals surface area contributed by atoms with E-state index in [-0.39, 0.29) is 10.8 Å². The quantitative estimate of drug-likeness (QED) is 0.548. The predicted molar refractivity (Wildman–Crippen MR) is 123 cm³/mol. The summed E-state index contributed by atoms with van der Waals surface area (Å²) in [5.74, 6) is 0.682. The van der Waals surface area contributed by atoms with Gasteiger partial charge in [-0.25, -0.2) is 8.42 Å². The minimum Gasteiger partial charge on any atom is -0.455 e. The molecule has 6 nitrogen and oxygen atoms in total. The van der Waals surface area contributed by atoms with E-state index in [4.69, 9.17) is 4.74 Å². The highest BCUT2D eigenvalue weighted by Crippen LogP contribution is 2.34. The summed E-state index contributed by atoms with van der Waals surface area (Å²) < 4.78 is 33.8. The summed E-state index contributed by atoms with van der Waals surface area (Å²) in [6.45, 7) is 2.89. The van der Waals surface area contributed by atoms with Crippen LogP contribution in [0.3, 0.4) is 0 Å². The highest BCUT2D eigenvalue weighted by Gasteiger charge is 2.27. The zero-order valence-electron chi connectivity index (χ0n) is 17.2. The van der Waals surface area contributed by atoms with E-state index in [0.29, 0.717) is 35.2 Å². The van der Waals surface area contributed by atoms with Crippen LogP contribution in [-0.4, -0.2) is 31.7 Å². The number of rotatable bonds is 6. The maximum Gasteiger partial charge on any atom is 0.266 e. The molecule has 162 valence electrons. The number of sulfonamides is 1. The van der Waals surface area contributed by atoms with E-state index >= 15 is 0 Å². The van der Waals surface area contributed by atoms with Crippen LogP contribution in [0.15, 0.2) is 64.9 Å². The van der Waals surface area contributed by atoms with Crippen LogP contribution in [0.1, 0.15) is 34.5 Å². The van der Waals surface area contributed by atoms with Crippen LogP contribution >= 0.6 is 11.3 Å². The number of nitrogens with one attached hydrogen (secondary N) is 1. The molecule has 1 saturated heterocycles. The van der Waals surface area contributed by atoms with Crippen molar-refractivity contribution in [2.75, 3.05) is 18.4 Å². The Morgan fingerprint density at radius 3 is 2.45 bits per heavy atom. The normalized spacial score (nSPS) is 14.9. The molecule has 8 heteroatoms. The molecule has 1 aliphatic heterocycles. The Hall–Kier alpha value is -2.68. The molecule has 31 heavy (non-hydrogen) atoms. The van der Waals surface area contributed by atoms with Gasteiger partial charge < -0.3 is 10.1 Å². The molecule has 3 aromatic rings. The van der Waals surface area contributed by atoms with Crippen LogP contribution in [0, 0.1) is 6.92 Å². The van der Waals surface area contributed by atoms with Crippen molar-refractivity contribution in [1.82, 2.24) is 4.31 Å². The number of aryl methyl sites for hydroxylation is 1. The first-order valence-corrected chi connectivity index (χ1v) is 12.5. The van der Waals surface area contributed by atoms with Crippen LogP contribution in [0.2, 0.25) is 0 Å². The maximum absolute atomic E-state index is 13.2. The van der Waals surface area contributed by atoms with Crippen molar-refractivity contribution < 1.29 is 17.9 Å². The molecule has 2 heterocycles. The second-order valence-electron chi connectivity index (χ2n) is 7.42. The van der Waals surface area contributed by atoms with Crippen molar-refractivity contribution in [3.8, 4) is 11.5 Å². The van der Waals surface area contributed by atoms with Crippen LogP contribution in [0.4, 0.5) is 5.69 Å². The van der Waals surface area contributed by atoms with E-state index in [1.165, 1.54) is 27.8 Å². The third-order valence-corrected chi connectivity index (χ3v) is 8.10. The average molecular weight is 457 g/mol. The molecule has 0 bridgehead atoms. The number of thiophene rings is 1. The Morgan fingerprint density at radius 1 is 1.03 bits per heavy atom. The third kappa shape index (κ3) is 4.81. The first-order valence-electron chi connectivity index (χ1n) is 10.2. The van der Waals surface area contributed by atoms with E-state index in [1.807, 2.05) is 36.6 Å². The Kier molecular flexibility index (Phi) is 6.41. The molecule has 0 radical (unpaired) electrons. The number of carbonyl (C=O) groups is 1. The summed E-state index contributed by atoms with van der Waals surface area (Å²) in [5, 5.41) is 4.70. The molecule has 1 aromatic heterocycles. The molecule has 1 N–H and O–H groups in total. The molecule has 0 spiro atoms. The van der Waals surface area contributed by atoms with E-state index in [1.54, 1.807) is 18.2 Å². The van der Waals surface area contributed by atoms with Crippen LogP contribution in [0.25, 0.3) is 0 Å². The smallest absolute Gasteiger partial charge is 0.266 e. The molecule has 0 unspecified atom stereocenters. The molecular formula is C23H24N2O4S2. The number of ether oxygens (including phenoxy) is 1. The number of anilines is 1. The van der Waals surface area contributed by atoms with Crippen LogP contribution in [0.5, 0.6) is 11.5 Å². The number of piperidine rings is 1. The number of hydrogen-bond acceptors (Lipinski definition) is 5.